The van der Waals surface area contributed by atoms with Gasteiger partial charge in [0.15, 0.2) is 0 Å². The number of hydrogen-bond donors (Lipinski definition) is 2. The van der Waals surface area contributed by atoms with E-state index < -0.39 is 0 Å². The lowest BCUT2D eigenvalue weighted by Crippen LogP contribution is -2.32. The van der Waals surface area contributed by atoms with Gasteiger partial charge in [-0.25, -0.2) is 0 Å². The Hall–Kier alpha value is -1.75. The lowest BCUT2D eigenvalue weighted by atomic mass is 10.0. The summed E-state index contributed by atoms with van der Waals surface area (Å²) < 4.78 is 10.9. The van der Waals surface area contributed by atoms with E-state index in [0.717, 1.165) is 36.6 Å². The molecule has 0 spiro atoms. The zero-order chi connectivity index (χ0) is 14.5. The summed E-state index contributed by atoms with van der Waals surface area (Å²) in [6, 6.07) is 5.95. The second-order valence-corrected chi connectivity index (χ2v) is 5.14. The van der Waals surface area contributed by atoms with E-state index in [9.17, 15) is 4.79 Å². The van der Waals surface area contributed by atoms with Crippen LogP contribution < -0.4 is 15.4 Å². The van der Waals surface area contributed by atoms with Crippen molar-refractivity contribution in [1.29, 1.82) is 0 Å². The largest absolute Gasteiger partial charge is 0.495 e. The van der Waals surface area contributed by atoms with Crippen LogP contribution in [0.3, 0.4) is 0 Å². The molecule has 2 N–H and O–H groups in total. The molecule has 1 saturated heterocycles. The normalized spacial score (nSPS) is 22.1. The van der Waals surface area contributed by atoms with E-state index in [1.165, 1.54) is 6.92 Å². The van der Waals surface area contributed by atoms with Crippen molar-refractivity contribution in [2.24, 2.45) is 0 Å². The Morgan fingerprint density at radius 3 is 2.90 bits per heavy atom. The van der Waals surface area contributed by atoms with Gasteiger partial charge in [0.05, 0.1) is 18.9 Å². The highest BCUT2D eigenvalue weighted by atomic mass is 16.5. The van der Waals surface area contributed by atoms with E-state index in [-0.39, 0.29) is 12.0 Å². The number of rotatable bonds is 4. The number of carbonyl (C=O) groups is 1. The summed E-state index contributed by atoms with van der Waals surface area (Å²) in [7, 11) is 1.64. The molecule has 1 amide bonds. The van der Waals surface area contributed by atoms with Crippen LogP contribution in [0.1, 0.15) is 26.7 Å². The molecule has 2 atom stereocenters. The molecule has 1 heterocycles. The molecule has 1 fully saturated rings. The van der Waals surface area contributed by atoms with Crippen molar-refractivity contribution in [3.8, 4) is 5.75 Å². The molecule has 0 bridgehead atoms. The van der Waals surface area contributed by atoms with Gasteiger partial charge in [0.1, 0.15) is 5.75 Å². The summed E-state index contributed by atoms with van der Waals surface area (Å²) in [5.74, 6) is 0.694. The molecule has 5 nitrogen and oxygen atoms in total. The summed E-state index contributed by atoms with van der Waals surface area (Å²) in [6.45, 7) is 4.35. The Bertz CT molecular complexity index is 476. The molecule has 0 saturated carbocycles. The predicted octanol–water partition coefficient (Wildman–Crippen LogP) is 2.63. The number of benzene rings is 1. The second kappa shape index (κ2) is 6.61. The molecule has 20 heavy (non-hydrogen) atoms. The van der Waals surface area contributed by atoms with E-state index in [2.05, 4.69) is 17.6 Å². The van der Waals surface area contributed by atoms with E-state index in [1.807, 2.05) is 18.2 Å². The summed E-state index contributed by atoms with van der Waals surface area (Å²) >= 11 is 0. The van der Waals surface area contributed by atoms with Crippen molar-refractivity contribution < 1.29 is 14.3 Å². The molecule has 110 valence electrons. The highest BCUT2D eigenvalue weighted by Gasteiger charge is 2.20. The number of anilines is 2. The number of carbonyl (C=O) groups excluding carboxylic acids is 1. The maximum absolute atomic E-state index is 11.1. The van der Waals surface area contributed by atoms with Crippen LogP contribution in [-0.4, -0.2) is 31.8 Å². The van der Waals surface area contributed by atoms with Crippen LogP contribution >= 0.6 is 0 Å². The van der Waals surface area contributed by atoms with E-state index in [1.54, 1.807) is 7.11 Å². The fourth-order valence-corrected chi connectivity index (χ4v) is 2.45. The van der Waals surface area contributed by atoms with Crippen LogP contribution in [-0.2, 0) is 9.53 Å². The summed E-state index contributed by atoms with van der Waals surface area (Å²) in [5.41, 5.74) is 1.67. The molecule has 1 aromatic carbocycles. The minimum absolute atomic E-state index is 0.0826. The quantitative estimate of drug-likeness (QED) is 0.889. The van der Waals surface area contributed by atoms with Crippen molar-refractivity contribution >= 4 is 17.3 Å². The third kappa shape index (κ3) is 3.87. The first-order chi connectivity index (χ1) is 9.58. The van der Waals surface area contributed by atoms with Crippen molar-refractivity contribution in [1.82, 2.24) is 0 Å². The summed E-state index contributed by atoms with van der Waals surface area (Å²) in [4.78, 5) is 11.1. The van der Waals surface area contributed by atoms with Crippen LogP contribution in [0.15, 0.2) is 18.2 Å². The van der Waals surface area contributed by atoms with Gasteiger partial charge in [-0.2, -0.15) is 0 Å². The van der Waals surface area contributed by atoms with E-state index in [0.29, 0.717) is 6.04 Å². The Morgan fingerprint density at radius 2 is 2.25 bits per heavy atom. The van der Waals surface area contributed by atoms with Gasteiger partial charge < -0.3 is 20.1 Å². The van der Waals surface area contributed by atoms with E-state index in [4.69, 9.17) is 9.47 Å². The number of hydrogen-bond acceptors (Lipinski definition) is 4. The number of amides is 1. The molecule has 2 rings (SSSR count). The van der Waals surface area contributed by atoms with Crippen molar-refractivity contribution in [3.63, 3.8) is 0 Å². The van der Waals surface area contributed by atoms with Crippen LogP contribution in [0.25, 0.3) is 0 Å². The van der Waals surface area contributed by atoms with Gasteiger partial charge >= 0.3 is 0 Å². The fourth-order valence-electron chi connectivity index (χ4n) is 2.45. The molecular weight excluding hydrogens is 256 g/mol. The van der Waals surface area contributed by atoms with Crippen LogP contribution in [0.5, 0.6) is 5.75 Å². The maximum Gasteiger partial charge on any atom is 0.221 e. The Balaban J connectivity index is 2.13. The molecule has 1 aliphatic heterocycles. The predicted molar refractivity (Wildman–Crippen MR) is 79.4 cm³/mol. The maximum atomic E-state index is 11.1. The zero-order valence-corrected chi connectivity index (χ0v) is 12.2. The van der Waals surface area contributed by atoms with Gasteiger partial charge in [-0.3, -0.25) is 4.79 Å². The Morgan fingerprint density at radius 1 is 1.45 bits per heavy atom. The minimum atomic E-state index is -0.0826. The van der Waals surface area contributed by atoms with Gasteiger partial charge in [0, 0.05) is 25.3 Å². The van der Waals surface area contributed by atoms with Crippen molar-refractivity contribution in [2.75, 3.05) is 24.4 Å². The second-order valence-electron chi connectivity index (χ2n) is 5.14. The SMILES string of the molecule is COc1ccc(NC(C)=O)cc1NC1CCOC(C)C1. The van der Waals surface area contributed by atoms with Crippen molar-refractivity contribution in [2.45, 2.75) is 38.8 Å². The third-order valence-electron chi connectivity index (χ3n) is 3.36. The topological polar surface area (TPSA) is 59.6 Å². The van der Waals surface area contributed by atoms with Gasteiger partial charge in [0.2, 0.25) is 5.91 Å². The lowest BCUT2D eigenvalue weighted by Gasteiger charge is -2.29. The van der Waals surface area contributed by atoms with Gasteiger partial charge in [0.25, 0.3) is 0 Å². The van der Waals surface area contributed by atoms with Crippen LogP contribution in [0, 0.1) is 0 Å². The number of nitrogens with one attached hydrogen (secondary N) is 2. The highest BCUT2D eigenvalue weighted by Crippen LogP contribution is 2.30. The first-order valence-corrected chi connectivity index (χ1v) is 6.92. The first kappa shape index (κ1) is 14.7. The number of methoxy groups -OCH3 is 1. The summed E-state index contributed by atoms with van der Waals surface area (Å²) in [6.07, 6.45) is 2.21. The minimum Gasteiger partial charge on any atom is -0.495 e. The molecule has 0 aromatic heterocycles. The Kier molecular flexibility index (Phi) is 4.84. The first-order valence-electron chi connectivity index (χ1n) is 6.92. The van der Waals surface area contributed by atoms with Gasteiger partial charge in [-0.1, -0.05) is 0 Å². The van der Waals surface area contributed by atoms with Crippen molar-refractivity contribution in [3.05, 3.63) is 18.2 Å². The monoisotopic (exact) mass is 278 g/mol. The molecule has 1 aromatic rings. The summed E-state index contributed by atoms with van der Waals surface area (Å²) in [5, 5.41) is 6.27. The average Bonchev–Trinajstić information content (AvgIpc) is 2.38. The average molecular weight is 278 g/mol. The third-order valence-corrected chi connectivity index (χ3v) is 3.36. The Labute approximate surface area is 119 Å². The van der Waals surface area contributed by atoms with Gasteiger partial charge in [-0.15, -0.1) is 0 Å². The van der Waals surface area contributed by atoms with Crippen LogP contribution in [0.2, 0.25) is 0 Å². The number of ether oxygens (including phenoxy) is 2. The molecule has 0 aliphatic carbocycles. The molecule has 1 aliphatic rings. The standard InChI is InChI=1S/C15H22N2O3/c1-10-8-13(6-7-20-10)17-14-9-12(16-11(2)18)4-5-15(14)19-3/h4-5,9-10,13,17H,6-8H2,1-3H3,(H,16,18). The smallest absolute Gasteiger partial charge is 0.221 e. The fraction of sp³-hybridized carbons (Fsp3) is 0.533. The highest BCUT2D eigenvalue weighted by molar-refractivity contribution is 5.89. The molecule has 5 heteroatoms. The molecule has 0 radical (unpaired) electrons. The molecule has 2 unspecified atom stereocenters. The lowest BCUT2D eigenvalue weighted by molar-refractivity contribution is -0.114. The van der Waals surface area contributed by atoms with Crippen LogP contribution in [0.4, 0.5) is 11.4 Å². The molecular formula is C15H22N2O3. The zero-order valence-electron chi connectivity index (χ0n) is 12.2. The van der Waals surface area contributed by atoms with E-state index >= 15 is 0 Å². The van der Waals surface area contributed by atoms with Gasteiger partial charge in [-0.05, 0) is 38.0 Å².